The maximum atomic E-state index is 14.1. The number of Topliss-reactive ketones (excluding diaryl/α,β-unsaturated/α-hetero) is 2. The fourth-order valence-electron chi connectivity index (χ4n) is 6.56. The van der Waals surface area contributed by atoms with Gasteiger partial charge in [-0.3, -0.25) is 19.3 Å². The number of carbonyl (C=O) groups excluding carboxylic acids is 3. The number of benzene rings is 2. The largest absolute Gasteiger partial charge is 0.508 e. The summed E-state index contributed by atoms with van der Waals surface area (Å²) in [4.78, 5) is 42.8. The Labute approximate surface area is 243 Å². The number of phenolic OH excluding ortho intramolecular Hbond substituents is 1. The molecule has 3 aliphatic carbocycles. The lowest BCUT2D eigenvalue weighted by atomic mass is 9.57. The highest BCUT2D eigenvalue weighted by Gasteiger charge is 2.64. The summed E-state index contributed by atoms with van der Waals surface area (Å²) in [5, 5.41) is 45.8. The predicted octanol–water partition coefficient (Wildman–Crippen LogP) is 1.74. The van der Waals surface area contributed by atoms with E-state index in [4.69, 9.17) is 5.73 Å². The van der Waals surface area contributed by atoms with Crippen LogP contribution in [0.1, 0.15) is 34.2 Å². The van der Waals surface area contributed by atoms with Gasteiger partial charge in [-0.1, -0.05) is 29.5 Å². The Balaban J connectivity index is 1.72. The fraction of sp³-hybridized carbons (Fsp3) is 0.344. The second-order valence-corrected chi connectivity index (χ2v) is 11.6. The van der Waals surface area contributed by atoms with Crippen molar-refractivity contribution in [3.63, 3.8) is 0 Å². The number of aliphatic hydroxyl groups is 3. The standard InChI is InChI=1S/C32H33N3O7/c1-15-6-8-16(9-7-15)10-11-17-14-21(34(2)3)19-12-18-13-20-25(35(4)5)28(38)24(31(33)41)30(40)32(20,42)29(39)22(18)27(37)23(19)26(17)36/h6-9,14,18,20,25,36-37,40,42H,12-13H2,1-5H3,(H2,33,41)/t18-,20-,25-,32-/m1/s1. The molecule has 10 nitrogen and oxygen atoms in total. The maximum absolute atomic E-state index is 14.1. The van der Waals surface area contributed by atoms with E-state index in [1.807, 2.05) is 36.1 Å². The number of likely N-dealkylation sites (N-methyl/N-ethyl adjacent to an activating group) is 1. The molecule has 0 aromatic heterocycles. The van der Waals surface area contributed by atoms with Gasteiger partial charge < -0.3 is 31.1 Å². The third-order valence-corrected chi connectivity index (χ3v) is 8.57. The number of primary amides is 1. The van der Waals surface area contributed by atoms with E-state index in [-0.39, 0.29) is 35.3 Å². The summed E-state index contributed by atoms with van der Waals surface area (Å²) < 4.78 is 0. The molecule has 1 amide bonds. The second kappa shape index (κ2) is 10.0. The van der Waals surface area contributed by atoms with Crippen LogP contribution in [0.4, 0.5) is 5.69 Å². The summed E-state index contributed by atoms with van der Waals surface area (Å²) in [5.41, 5.74) is 4.91. The van der Waals surface area contributed by atoms with Crippen molar-refractivity contribution in [1.82, 2.24) is 4.90 Å². The molecular formula is C32H33N3O7. The SMILES string of the molecule is Cc1ccc(C#Cc2cc(N(C)C)c3c(c2O)C(O)=C2C(=O)[C@@]4(O)C(O)=C(C(N)=O)C(=O)[C@H](N(C)C)[C@H]4C[C@H]2C3)cc1. The lowest BCUT2D eigenvalue weighted by Crippen LogP contribution is -2.65. The van der Waals surface area contributed by atoms with Gasteiger partial charge in [0.15, 0.2) is 11.4 Å². The number of aryl methyl sites for hydroxylation is 1. The molecule has 1 fully saturated rings. The van der Waals surface area contributed by atoms with Crippen LogP contribution in [0.5, 0.6) is 5.75 Å². The Morgan fingerprint density at radius 2 is 1.69 bits per heavy atom. The summed E-state index contributed by atoms with van der Waals surface area (Å²) in [6, 6.07) is 8.11. The van der Waals surface area contributed by atoms with E-state index < -0.39 is 58.0 Å². The number of ketones is 2. The lowest BCUT2D eigenvalue weighted by Gasteiger charge is -2.50. The van der Waals surface area contributed by atoms with Gasteiger partial charge in [-0.25, -0.2) is 0 Å². The Morgan fingerprint density at radius 1 is 1.05 bits per heavy atom. The monoisotopic (exact) mass is 571 g/mol. The molecule has 42 heavy (non-hydrogen) atoms. The van der Waals surface area contributed by atoms with Gasteiger partial charge in [0.1, 0.15) is 22.8 Å². The minimum Gasteiger partial charge on any atom is -0.508 e. The summed E-state index contributed by atoms with van der Waals surface area (Å²) in [6.45, 7) is 1.96. The van der Waals surface area contributed by atoms with Crippen LogP contribution >= 0.6 is 0 Å². The van der Waals surface area contributed by atoms with E-state index in [0.29, 0.717) is 11.3 Å². The van der Waals surface area contributed by atoms with Crippen molar-refractivity contribution in [3.05, 3.63) is 75.1 Å². The molecule has 5 rings (SSSR count). The third-order valence-electron chi connectivity index (χ3n) is 8.57. The fourth-order valence-corrected chi connectivity index (χ4v) is 6.56. The Morgan fingerprint density at radius 3 is 2.26 bits per heavy atom. The quantitative estimate of drug-likeness (QED) is 0.273. The number of amides is 1. The number of aromatic hydroxyl groups is 1. The number of phenols is 1. The molecule has 0 spiro atoms. The number of hydrogen-bond acceptors (Lipinski definition) is 9. The molecule has 0 heterocycles. The molecule has 2 aromatic rings. The van der Waals surface area contributed by atoms with Crippen molar-refractivity contribution in [2.75, 3.05) is 33.1 Å². The minimum atomic E-state index is -2.69. The minimum absolute atomic E-state index is 0.00527. The molecule has 3 aliphatic rings. The van der Waals surface area contributed by atoms with Crippen LogP contribution in [0.2, 0.25) is 0 Å². The molecule has 10 heteroatoms. The zero-order valence-corrected chi connectivity index (χ0v) is 24.0. The number of rotatable bonds is 3. The molecule has 6 N–H and O–H groups in total. The number of nitrogens with zero attached hydrogens (tertiary/aromatic N) is 2. The van der Waals surface area contributed by atoms with Crippen molar-refractivity contribution < 1.29 is 34.8 Å². The van der Waals surface area contributed by atoms with E-state index in [1.54, 1.807) is 34.3 Å². The smallest absolute Gasteiger partial charge is 0.255 e. The van der Waals surface area contributed by atoms with Gasteiger partial charge in [0, 0.05) is 36.8 Å². The number of fused-ring (bicyclic) bond motifs is 3. The highest BCUT2D eigenvalue weighted by atomic mass is 16.3. The number of carbonyl (C=O) groups is 3. The number of anilines is 1. The van der Waals surface area contributed by atoms with Crippen LogP contribution in [0.15, 0.2) is 47.2 Å². The van der Waals surface area contributed by atoms with Crippen molar-refractivity contribution in [2.45, 2.75) is 31.4 Å². The van der Waals surface area contributed by atoms with Crippen molar-refractivity contribution in [3.8, 4) is 17.6 Å². The van der Waals surface area contributed by atoms with E-state index in [0.717, 1.165) is 11.1 Å². The number of hydrogen-bond donors (Lipinski definition) is 5. The van der Waals surface area contributed by atoms with Gasteiger partial charge in [0.25, 0.3) is 5.91 Å². The van der Waals surface area contributed by atoms with Gasteiger partial charge in [0.05, 0.1) is 17.2 Å². The first-order valence-electron chi connectivity index (χ1n) is 13.5. The Hall–Kier alpha value is -4.59. The molecule has 0 aliphatic heterocycles. The normalized spacial score (nSPS) is 25.0. The molecule has 0 unspecified atom stereocenters. The van der Waals surface area contributed by atoms with E-state index >= 15 is 0 Å². The zero-order valence-electron chi connectivity index (χ0n) is 24.0. The van der Waals surface area contributed by atoms with Crippen LogP contribution in [-0.4, -0.2) is 82.6 Å². The molecule has 1 saturated carbocycles. The average Bonchev–Trinajstić information content (AvgIpc) is 2.90. The number of nitrogens with two attached hydrogens (primary N) is 1. The first kappa shape index (κ1) is 28.9. The van der Waals surface area contributed by atoms with Crippen LogP contribution in [0.3, 0.4) is 0 Å². The van der Waals surface area contributed by atoms with Gasteiger partial charge >= 0.3 is 0 Å². The molecule has 0 bridgehead atoms. The topological polar surface area (TPSA) is 165 Å². The Bertz CT molecular complexity index is 1670. The summed E-state index contributed by atoms with van der Waals surface area (Å²) in [5.74, 6) is -0.924. The zero-order chi connectivity index (χ0) is 30.8. The average molecular weight is 572 g/mol. The van der Waals surface area contributed by atoms with Gasteiger partial charge in [0.2, 0.25) is 5.78 Å². The Kier molecular flexibility index (Phi) is 6.92. The molecule has 0 radical (unpaired) electrons. The summed E-state index contributed by atoms with van der Waals surface area (Å²) in [7, 11) is 6.74. The molecular weight excluding hydrogens is 538 g/mol. The first-order chi connectivity index (χ1) is 19.7. The highest BCUT2D eigenvalue weighted by molar-refractivity contribution is 6.24. The van der Waals surface area contributed by atoms with Gasteiger partial charge in [-0.15, -0.1) is 0 Å². The summed E-state index contributed by atoms with van der Waals surface area (Å²) in [6.07, 6.45) is 0.218. The molecule has 0 saturated heterocycles. The van der Waals surface area contributed by atoms with Crippen LogP contribution in [0.25, 0.3) is 5.76 Å². The second-order valence-electron chi connectivity index (χ2n) is 11.6. The van der Waals surface area contributed by atoms with Crippen molar-refractivity contribution in [1.29, 1.82) is 0 Å². The van der Waals surface area contributed by atoms with Crippen molar-refractivity contribution in [2.24, 2.45) is 17.6 Å². The van der Waals surface area contributed by atoms with E-state index in [1.165, 1.54) is 4.90 Å². The van der Waals surface area contributed by atoms with E-state index in [9.17, 15) is 34.8 Å². The lowest BCUT2D eigenvalue weighted by molar-refractivity contribution is -0.153. The van der Waals surface area contributed by atoms with Gasteiger partial charge in [-0.05, 0) is 63.5 Å². The van der Waals surface area contributed by atoms with Gasteiger partial charge in [-0.2, -0.15) is 0 Å². The van der Waals surface area contributed by atoms with Crippen LogP contribution in [0, 0.1) is 30.6 Å². The molecule has 4 atom stereocenters. The third kappa shape index (κ3) is 4.16. The van der Waals surface area contributed by atoms with E-state index in [2.05, 4.69) is 11.8 Å². The van der Waals surface area contributed by atoms with Crippen LogP contribution < -0.4 is 10.6 Å². The molecule has 2 aromatic carbocycles. The number of aliphatic hydroxyl groups excluding tert-OH is 2. The van der Waals surface area contributed by atoms with Crippen molar-refractivity contribution >= 4 is 28.9 Å². The molecule has 218 valence electrons. The maximum Gasteiger partial charge on any atom is 0.255 e. The first-order valence-corrected chi connectivity index (χ1v) is 13.5. The predicted molar refractivity (Wildman–Crippen MR) is 156 cm³/mol. The highest BCUT2D eigenvalue weighted by Crippen LogP contribution is 2.54. The van der Waals surface area contributed by atoms with Crippen LogP contribution in [-0.2, 0) is 20.8 Å². The summed E-state index contributed by atoms with van der Waals surface area (Å²) >= 11 is 0.